The van der Waals surface area contributed by atoms with Crippen LogP contribution in [0.5, 0.6) is 57.5 Å². The Labute approximate surface area is 786 Å². The lowest BCUT2D eigenvalue weighted by molar-refractivity contribution is -0.0192. The second-order valence-electron chi connectivity index (χ2n) is 27.9. The first-order valence-corrected chi connectivity index (χ1v) is 36.3. The molecule has 10 aliphatic heterocycles. The van der Waals surface area contributed by atoms with Crippen LogP contribution in [0.2, 0.25) is 0 Å². The maximum Gasteiger partial charge on any atom is 0.161 e. The molecule has 115 heavy (non-hydrogen) atoms. The highest BCUT2D eigenvalue weighted by Gasteiger charge is 2.45. The van der Waals surface area contributed by atoms with Crippen molar-refractivity contribution in [3.05, 3.63) is 116 Å². The normalized spacial score (nSPS) is 48.5. The van der Waals surface area contributed by atoms with Crippen molar-refractivity contribution < 1.29 is 167 Å². The van der Waals surface area contributed by atoms with Gasteiger partial charge in [-0.25, -0.2) is 0 Å². The first-order chi connectivity index (χ1) is 81.8. The molecule has 15 rings (SSSR count). The monoisotopic (exact) mass is 1670 g/mol. The van der Waals surface area contributed by atoms with Crippen molar-refractivity contribution in [2.75, 3.05) is 136 Å². The molecule has 18 atom stereocenters. The van der Waals surface area contributed by atoms with Gasteiger partial charge in [0.15, 0.2) is 57.5 Å². The van der Waals surface area contributed by atoms with Gasteiger partial charge in [0.25, 0.3) is 0 Å². The first kappa shape index (κ1) is 35.8. The summed E-state index contributed by atoms with van der Waals surface area (Å²) in [7, 11) is 2.48. The number of piperidine rings is 5. The molecular weight excluding hydrogens is 1450 g/mol. The Kier molecular flexibility index (Phi) is 12.6. The third kappa shape index (κ3) is 21.1. The molecule has 5 aromatic rings. The summed E-state index contributed by atoms with van der Waals surface area (Å²) in [5, 5.41) is 55.2. The molecule has 0 aliphatic carbocycles. The molecule has 5 saturated heterocycles. The summed E-state index contributed by atoms with van der Waals surface area (Å²) < 4.78 is 633. The summed E-state index contributed by atoms with van der Waals surface area (Å²) in [4.78, 5) is 0.910. The van der Waals surface area contributed by atoms with Crippen LogP contribution in [-0.2, 0) is 31.9 Å². The van der Waals surface area contributed by atoms with Crippen LogP contribution in [0.15, 0.2) is 60.4 Å². The fourth-order valence-electron chi connectivity index (χ4n) is 13.5. The molecular formula is C95H145N5O15. The van der Waals surface area contributed by atoms with Crippen molar-refractivity contribution in [3.8, 4) is 57.5 Å². The van der Waals surface area contributed by atoms with E-state index in [2.05, 4.69) is 0 Å². The highest BCUT2D eigenvalue weighted by Crippen LogP contribution is 2.50. The minimum atomic E-state index is -3.64. The van der Waals surface area contributed by atoms with Crippen LogP contribution >= 0.6 is 0 Å². The maximum atomic E-state index is 11.2. The molecule has 640 valence electrons. The Balaban J connectivity index is 0.000000214. The number of methoxy groups -OCH3 is 10. The molecule has 20 nitrogen and oxygen atoms in total. The van der Waals surface area contributed by atoms with Gasteiger partial charge in [0, 0.05) is 161 Å². The smallest absolute Gasteiger partial charge is 0.161 e. The van der Waals surface area contributed by atoms with Gasteiger partial charge in [-0.05, 0) is 271 Å². The van der Waals surface area contributed by atoms with Crippen LogP contribution in [0, 0.1) is 59.1 Å². The van der Waals surface area contributed by atoms with Gasteiger partial charge in [0.05, 0.1) is 130 Å². The van der Waals surface area contributed by atoms with Gasteiger partial charge in [0.1, 0.15) is 0 Å². The summed E-state index contributed by atoms with van der Waals surface area (Å²) in [6.45, 7) is -33.7. The van der Waals surface area contributed by atoms with Crippen molar-refractivity contribution in [2.24, 2.45) is 59.1 Å². The largest absolute Gasteiger partial charge is 0.493 e. The number of fused-ring (bicyclic) bond motifs is 15. The highest BCUT2D eigenvalue weighted by molar-refractivity contribution is 5.54. The molecule has 5 aromatic carbocycles. The van der Waals surface area contributed by atoms with E-state index in [9.17, 15) is 32.4 Å². The number of rotatable bonds is 20. The fraction of sp³-hybridized carbons (Fsp3) is 0.684. The number of hydrogen-bond acceptors (Lipinski definition) is 20. The van der Waals surface area contributed by atoms with Crippen LogP contribution in [0.3, 0.4) is 0 Å². The lowest BCUT2D eigenvalue weighted by Gasteiger charge is -2.46. The highest BCUT2D eigenvalue weighted by atomic mass is 16.5. The number of hydrogen-bond donors (Lipinski definition) is 5. The van der Waals surface area contributed by atoms with Crippen LogP contribution in [0.25, 0.3) is 0 Å². The lowest BCUT2D eigenvalue weighted by atomic mass is 9.79. The molecule has 20 heteroatoms. The van der Waals surface area contributed by atoms with Crippen molar-refractivity contribution in [1.82, 2.24) is 24.5 Å². The molecule has 5 N–H and O–H groups in total. The van der Waals surface area contributed by atoms with Gasteiger partial charge in [0.2, 0.25) is 0 Å². The number of aliphatic hydroxyl groups excluding tert-OH is 5. The third-order valence-electron chi connectivity index (χ3n) is 18.8. The Hall–Kier alpha value is -6.30. The SMILES string of the molecule is [2H]c1c(OC([2H])([2H])[2H])c(OC)c([2H])c2c1C1([2H])CC(O)C(C([2H])([2H])C([2H])(C)C([2H])([2H])[2H])C([2H])([2H])N1C([2H])([2H])C2([2H])[2H].[2H]c1c(OC([2H])([2H])[2H])c(OC)c([2H])c2c1C1([2H])CC(O)C(CC(C)C)C([2H])([2H])N1C([2H])([2H])C2([2H])[2H].[2H]c1c(OC)c(OC)c([2H])c2c1C1([2H])CC(O)C(C([2H])([2H])C([2H])(C)C([2H])([2H])[2H])C([2H])([2H])N1C([2H])([2H])C2([2H])[2H].[2H]c1c(OC)c(OC)c([2H])c2c1C1([2H])CC(O)C(C([2H])([2H])C([2H])(C)C([2H])([2H])[2H])C([2H])([2H])N1C([2H])([2H])C2([2H])[2H].[2H]c1c(OC)c(OC)c([2H])c2c1C1([2H])CC(O)C(CC(C)C)C([2H])([2H])N1C([2H])([2H])C2([2H])[2H]. The standard InChI is InChI=1S/5C19H29NO3/c5*1-12(2)7-14-11-20-6-5-13-8-18(22-3)19(23-4)9-15(13)16(20)10-17(14)21/h5*8-9,12,14,16-17,21H,5-7,10-11H2,1-4H3/i1D3,4D3,5D2,6D2,7D2,8D,9D,11D2,12D,16D;2*1D3,5D2,6D2,7D2,8D,9D,11D2,12D,16D;4D3,5D2,6D2,8D,9D,11D2,16D;5D2,6D2,8D,9D,11D2,16D. The Bertz CT molecular complexity index is 7220. The van der Waals surface area contributed by atoms with Crippen molar-refractivity contribution in [1.29, 1.82) is 0 Å². The summed E-state index contributed by atoms with van der Waals surface area (Å²) in [6.07, 6.45) is -39.9. The number of benzene rings is 5. The van der Waals surface area contributed by atoms with Crippen LogP contribution in [0.4, 0.5) is 0 Å². The second-order valence-corrected chi connectivity index (χ2v) is 27.9. The molecule has 0 radical (unpaired) electrons. The van der Waals surface area contributed by atoms with Gasteiger partial charge in [-0.1, -0.05) is 69.0 Å². The molecule has 5 fully saturated rings. The lowest BCUT2D eigenvalue weighted by Crippen LogP contribution is -2.48. The minimum absolute atomic E-state index is 0.0430. The third-order valence-corrected chi connectivity index (χ3v) is 18.8. The van der Waals surface area contributed by atoms with Crippen LogP contribution < -0.4 is 47.4 Å². The first-order valence-electron chi connectivity index (χ1n) is 70.8. The quantitative estimate of drug-likeness (QED) is 0.0491. The Morgan fingerprint density at radius 1 is 0.339 bits per heavy atom. The van der Waals surface area contributed by atoms with Crippen molar-refractivity contribution in [3.63, 3.8) is 0 Å². The van der Waals surface area contributed by atoms with Crippen LogP contribution in [-0.4, -0.2) is 216 Å². The van der Waals surface area contributed by atoms with Gasteiger partial charge in [-0.2, -0.15) is 0 Å². The zero-order valence-corrected chi connectivity index (χ0v) is 65.9. The molecule has 0 amide bonds. The van der Waals surface area contributed by atoms with E-state index in [1.165, 1.54) is 14.2 Å². The zero-order chi connectivity index (χ0) is 144. The minimum Gasteiger partial charge on any atom is -0.493 e. The van der Waals surface area contributed by atoms with E-state index in [0.717, 1.165) is 42.7 Å². The van der Waals surface area contributed by atoms with E-state index < -0.39 is 453 Å². The van der Waals surface area contributed by atoms with E-state index >= 15 is 0 Å². The average molecular weight is 1670 g/mol. The second kappa shape index (κ2) is 40.6. The zero-order valence-electron chi connectivity index (χ0n) is 135. The topological polar surface area (TPSA) is 210 Å². The Morgan fingerprint density at radius 3 is 0.722 bits per heavy atom. The number of aliphatic hydroxyl groups is 5. The van der Waals surface area contributed by atoms with Gasteiger partial charge in [-0.15, -0.1) is 0 Å². The molecule has 18 unspecified atom stereocenters. The summed E-state index contributed by atoms with van der Waals surface area (Å²) in [5.41, 5.74) is -7.25. The fourth-order valence-corrected chi connectivity index (χ4v) is 13.5. The molecule has 0 aromatic heterocycles. The number of nitrogens with zero attached hydrogens (tertiary/aromatic N) is 5. The van der Waals surface area contributed by atoms with Crippen molar-refractivity contribution >= 4 is 0 Å². The van der Waals surface area contributed by atoms with E-state index in [-0.39, 0.29) is 50.9 Å². The van der Waals surface area contributed by atoms with Crippen molar-refractivity contribution in [2.45, 2.75) is 226 Å². The average Bonchev–Trinajstić information content (AvgIpc) is 0.679. The maximum absolute atomic E-state index is 11.2. The molecule has 10 aliphatic rings. The van der Waals surface area contributed by atoms with E-state index in [1.54, 1.807) is 13.8 Å². The predicted octanol–water partition coefficient (Wildman–Crippen LogP) is 15.1. The van der Waals surface area contributed by atoms with Gasteiger partial charge < -0.3 is 72.9 Å². The van der Waals surface area contributed by atoms with E-state index in [1.807, 2.05) is 13.8 Å². The predicted molar refractivity (Wildman–Crippen MR) is 456 cm³/mol. The summed E-state index contributed by atoms with van der Waals surface area (Å²) in [5.74, 6) is -24.4. The van der Waals surface area contributed by atoms with Gasteiger partial charge in [-0.3, -0.25) is 24.5 Å². The molecule has 0 spiro atoms. The van der Waals surface area contributed by atoms with E-state index in [4.69, 9.17) is 135 Å². The molecule has 10 heterocycles. The molecule has 0 bridgehead atoms. The van der Waals surface area contributed by atoms with Gasteiger partial charge >= 0.3 is 0 Å². The Morgan fingerprint density at radius 2 is 0.530 bits per heavy atom. The summed E-state index contributed by atoms with van der Waals surface area (Å²) in [6, 6.07) is -21.4. The van der Waals surface area contributed by atoms with E-state index in [0.29, 0.717) is 30.6 Å². The summed E-state index contributed by atoms with van der Waals surface area (Å²) >= 11 is 0. The van der Waals surface area contributed by atoms with Crippen LogP contribution in [0.1, 0.15) is 313 Å². The number of ether oxygens (including phenoxy) is 10. The molecule has 0 saturated carbocycles.